The Kier molecular flexibility index (Phi) is 7.96. The molecule has 2 N–H and O–H groups in total. The summed E-state index contributed by atoms with van der Waals surface area (Å²) in [6.45, 7) is 2.38. The van der Waals surface area contributed by atoms with Crippen LogP contribution in [0.1, 0.15) is 16.9 Å². The maximum absolute atomic E-state index is 12.5. The van der Waals surface area contributed by atoms with Gasteiger partial charge in [-0.25, -0.2) is 0 Å². The molecule has 2 aromatic rings. The molecule has 0 radical (unpaired) electrons. The number of aliphatic imine (C=N–C) groups is 1. The van der Waals surface area contributed by atoms with E-state index < -0.39 is 0 Å². The maximum atomic E-state index is 12.5. The van der Waals surface area contributed by atoms with E-state index in [0.29, 0.717) is 19.0 Å². The van der Waals surface area contributed by atoms with Gasteiger partial charge in [-0.2, -0.15) is 0 Å². The van der Waals surface area contributed by atoms with E-state index in [1.54, 1.807) is 13.3 Å². The fraction of sp³-hybridized carbons (Fsp3) is 0.368. The third kappa shape index (κ3) is 5.48. The highest BCUT2D eigenvalue weighted by molar-refractivity contribution is 14.0. The van der Waals surface area contributed by atoms with E-state index in [-0.39, 0.29) is 36.4 Å². The zero-order valence-electron chi connectivity index (χ0n) is 14.9. The Labute approximate surface area is 171 Å². The summed E-state index contributed by atoms with van der Waals surface area (Å²) >= 11 is 0. The van der Waals surface area contributed by atoms with E-state index in [1.165, 1.54) is 11.1 Å². The standard InChI is InChI=1S/C19H24N4O2.HI/c1-20-19(21-10-8-17-7-4-12-25-17)22-13-18(24)23-11-9-15-5-2-3-6-16(15)14-23;/h2-7,12H,8-11,13-14H2,1H3,(H2,20,21,22);1H. The number of nitrogens with zero attached hydrogens (tertiary/aromatic N) is 2. The second kappa shape index (κ2) is 10.2. The zero-order valence-corrected chi connectivity index (χ0v) is 17.2. The van der Waals surface area contributed by atoms with Crippen LogP contribution in [-0.4, -0.2) is 43.4 Å². The van der Waals surface area contributed by atoms with Gasteiger partial charge in [-0.3, -0.25) is 9.79 Å². The molecule has 140 valence electrons. The van der Waals surface area contributed by atoms with Crippen LogP contribution in [0, 0.1) is 0 Å². The molecule has 0 unspecified atom stereocenters. The van der Waals surface area contributed by atoms with Crippen molar-refractivity contribution in [3.05, 3.63) is 59.5 Å². The largest absolute Gasteiger partial charge is 0.469 e. The van der Waals surface area contributed by atoms with Crippen LogP contribution < -0.4 is 10.6 Å². The van der Waals surface area contributed by atoms with Crippen molar-refractivity contribution in [1.82, 2.24) is 15.5 Å². The first-order valence-electron chi connectivity index (χ1n) is 8.57. The molecule has 2 heterocycles. The van der Waals surface area contributed by atoms with Gasteiger partial charge >= 0.3 is 0 Å². The molecule has 7 heteroatoms. The van der Waals surface area contributed by atoms with Gasteiger partial charge < -0.3 is 20.0 Å². The van der Waals surface area contributed by atoms with Gasteiger partial charge in [-0.05, 0) is 29.7 Å². The third-order valence-electron chi connectivity index (χ3n) is 4.36. The lowest BCUT2D eigenvalue weighted by Gasteiger charge is -2.29. The van der Waals surface area contributed by atoms with Gasteiger partial charge in [0.25, 0.3) is 0 Å². The highest BCUT2D eigenvalue weighted by atomic mass is 127. The first-order chi connectivity index (χ1) is 12.3. The van der Waals surface area contributed by atoms with E-state index in [9.17, 15) is 4.79 Å². The summed E-state index contributed by atoms with van der Waals surface area (Å²) in [6, 6.07) is 12.1. The Morgan fingerprint density at radius 2 is 2.00 bits per heavy atom. The lowest BCUT2D eigenvalue weighted by molar-refractivity contribution is -0.130. The highest BCUT2D eigenvalue weighted by Gasteiger charge is 2.20. The minimum absolute atomic E-state index is 0. The summed E-state index contributed by atoms with van der Waals surface area (Å²) in [5.74, 6) is 1.63. The van der Waals surface area contributed by atoms with Crippen molar-refractivity contribution in [2.24, 2.45) is 4.99 Å². The Morgan fingerprint density at radius 1 is 1.19 bits per heavy atom. The molecule has 1 amide bonds. The third-order valence-corrected chi connectivity index (χ3v) is 4.36. The van der Waals surface area contributed by atoms with Crippen LogP contribution >= 0.6 is 24.0 Å². The number of hydrogen-bond donors (Lipinski definition) is 2. The molecular weight excluding hydrogens is 443 g/mol. The van der Waals surface area contributed by atoms with Crippen LogP contribution in [0.25, 0.3) is 0 Å². The molecule has 0 bridgehead atoms. The topological polar surface area (TPSA) is 69.9 Å². The van der Waals surface area contributed by atoms with E-state index in [0.717, 1.165) is 25.1 Å². The molecule has 0 atom stereocenters. The number of hydrogen-bond acceptors (Lipinski definition) is 3. The Balaban J connectivity index is 0.00000243. The van der Waals surface area contributed by atoms with Gasteiger partial charge in [0.15, 0.2) is 5.96 Å². The number of rotatable bonds is 5. The monoisotopic (exact) mass is 468 g/mol. The summed E-state index contributed by atoms with van der Waals surface area (Å²) < 4.78 is 5.29. The van der Waals surface area contributed by atoms with Crippen LogP contribution in [0.4, 0.5) is 0 Å². The van der Waals surface area contributed by atoms with Gasteiger partial charge in [-0.15, -0.1) is 24.0 Å². The number of halogens is 1. The Bertz CT molecular complexity index is 731. The average molecular weight is 468 g/mol. The molecule has 3 rings (SSSR count). The van der Waals surface area contributed by atoms with E-state index in [1.807, 2.05) is 23.1 Å². The summed E-state index contributed by atoms with van der Waals surface area (Å²) in [7, 11) is 1.70. The molecule has 1 aliphatic heterocycles. The zero-order chi connectivity index (χ0) is 17.5. The van der Waals surface area contributed by atoms with Crippen molar-refractivity contribution in [1.29, 1.82) is 0 Å². The van der Waals surface area contributed by atoms with E-state index >= 15 is 0 Å². The van der Waals surface area contributed by atoms with Crippen LogP contribution in [-0.2, 0) is 24.2 Å². The Hall–Kier alpha value is -2.03. The minimum atomic E-state index is 0. The lowest BCUT2D eigenvalue weighted by atomic mass is 10.00. The number of guanidine groups is 1. The summed E-state index contributed by atoms with van der Waals surface area (Å²) in [5.41, 5.74) is 2.58. The summed E-state index contributed by atoms with van der Waals surface area (Å²) in [6.07, 6.45) is 3.35. The molecule has 26 heavy (non-hydrogen) atoms. The van der Waals surface area contributed by atoms with Crippen molar-refractivity contribution in [3.8, 4) is 0 Å². The molecule has 0 aliphatic carbocycles. The van der Waals surface area contributed by atoms with Crippen molar-refractivity contribution in [2.75, 3.05) is 26.7 Å². The molecule has 0 saturated carbocycles. The molecule has 6 nitrogen and oxygen atoms in total. The molecule has 1 aromatic heterocycles. The maximum Gasteiger partial charge on any atom is 0.242 e. The molecular formula is C19H25IN4O2. The predicted molar refractivity (Wildman–Crippen MR) is 113 cm³/mol. The fourth-order valence-corrected chi connectivity index (χ4v) is 2.96. The lowest BCUT2D eigenvalue weighted by Crippen LogP contribution is -2.46. The molecule has 1 aromatic carbocycles. The van der Waals surface area contributed by atoms with Crippen molar-refractivity contribution < 1.29 is 9.21 Å². The number of amides is 1. The van der Waals surface area contributed by atoms with Crippen LogP contribution in [0.3, 0.4) is 0 Å². The number of fused-ring (bicyclic) bond motifs is 1. The number of benzene rings is 1. The second-order valence-corrected chi connectivity index (χ2v) is 6.02. The van der Waals surface area contributed by atoms with Gasteiger partial charge in [0.2, 0.25) is 5.91 Å². The van der Waals surface area contributed by atoms with Crippen molar-refractivity contribution in [3.63, 3.8) is 0 Å². The predicted octanol–water partition coefficient (Wildman–Crippen LogP) is 2.19. The quantitative estimate of drug-likeness (QED) is 0.401. The average Bonchev–Trinajstić information content (AvgIpc) is 3.17. The molecule has 1 aliphatic rings. The van der Waals surface area contributed by atoms with Crippen molar-refractivity contribution in [2.45, 2.75) is 19.4 Å². The minimum Gasteiger partial charge on any atom is -0.469 e. The van der Waals surface area contributed by atoms with Crippen LogP contribution in [0.5, 0.6) is 0 Å². The van der Waals surface area contributed by atoms with Gasteiger partial charge in [0.05, 0.1) is 12.8 Å². The summed E-state index contributed by atoms with van der Waals surface area (Å²) in [5, 5.41) is 6.28. The summed E-state index contributed by atoms with van der Waals surface area (Å²) in [4.78, 5) is 18.5. The molecule has 0 spiro atoms. The fourth-order valence-electron chi connectivity index (χ4n) is 2.96. The Morgan fingerprint density at radius 3 is 2.73 bits per heavy atom. The molecule has 0 fully saturated rings. The first-order valence-corrected chi connectivity index (χ1v) is 8.57. The SMILES string of the molecule is CN=C(NCCc1ccco1)NCC(=O)N1CCc2ccccc2C1.I. The highest BCUT2D eigenvalue weighted by Crippen LogP contribution is 2.18. The normalized spacial score (nSPS) is 13.6. The van der Waals surface area contributed by atoms with E-state index in [2.05, 4.69) is 33.8 Å². The number of nitrogens with one attached hydrogen (secondary N) is 2. The second-order valence-electron chi connectivity index (χ2n) is 6.02. The number of carbonyl (C=O) groups is 1. The first kappa shape index (κ1) is 20.3. The van der Waals surface area contributed by atoms with Crippen LogP contribution in [0.15, 0.2) is 52.1 Å². The van der Waals surface area contributed by atoms with Crippen LogP contribution in [0.2, 0.25) is 0 Å². The smallest absolute Gasteiger partial charge is 0.242 e. The number of carbonyl (C=O) groups excluding carboxylic acids is 1. The van der Waals surface area contributed by atoms with E-state index in [4.69, 9.17) is 4.42 Å². The van der Waals surface area contributed by atoms with Gasteiger partial charge in [0, 0.05) is 33.1 Å². The van der Waals surface area contributed by atoms with Crippen molar-refractivity contribution >= 4 is 35.8 Å². The van der Waals surface area contributed by atoms with Gasteiger partial charge in [0.1, 0.15) is 5.76 Å². The number of furan rings is 1. The van der Waals surface area contributed by atoms with Gasteiger partial charge in [-0.1, -0.05) is 24.3 Å². The molecule has 0 saturated heterocycles.